The van der Waals surface area contributed by atoms with Crippen molar-refractivity contribution in [1.29, 1.82) is 0 Å². The van der Waals surface area contributed by atoms with E-state index in [1.807, 2.05) is 43.3 Å². The summed E-state index contributed by atoms with van der Waals surface area (Å²) in [5.74, 6) is 0.525. The van der Waals surface area contributed by atoms with E-state index in [1.54, 1.807) is 0 Å². The molecule has 0 bridgehead atoms. The number of ether oxygens (including phenoxy) is 1. The van der Waals surface area contributed by atoms with Gasteiger partial charge in [-0.1, -0.05) is 6.07 Å². The fraction of sp³-hybridized carbons (Fsp3) is 0.133. The Hall–Kier alpha value is -2.69. The summed E-state index contributed by atoms with van der Waals surface area (Å²) >= 11 is 0. The van der Waals surface area contributed by atoms with Crippen LogP contribution in [-0.2, 0) is 4.79 Å². The van der Waals surface area contributed by atoms with Crippen LogP contribution in [0.2, 0.25) is 0 Å². The minimum Gasteiger partial charge on any atom is -0.482 e. The molecule has 0 radical (unpaired) electrons. The fourth-order valence-corrected chi connectivity index (χ4v) is 2.11. The second-order valence-corrected chi connectivity index (χ2v) is 4.76. The Labute approximate surface area is 116 Å². The van der Waals surface area contributed by atoms with Crippen molar-refractivity contribution in [2.45, 2.75) is 6.92 Å². The molecule has 1 aliphatic heterocycles. The van der Waals surface area contributed by atoms with E-state index in [4.69, 9.17) is 10.5 Å². The summed E-state index contributed by atoms with van der Waals surface area (Å²) in [6, 6.07) is 11.4. The normalized spacial score (nSPS) is 13.2. The highest BCUT2D eigenvalue weighted by atomic mass is 16.5. The molecule has 0 saturated carbocycles. The number of aryl methyl sites for hydroxylation is 1. The lowest BCUT2D eigenvalue weighted by molar-refractivity contribution is -0.118. The molecule has 0 saturated heterocycles. The first-order valence-corrected chi connectivity index (χ1v) is 6.32. The summed E-state index contributed by atoms with van der Waals surface area (Å²) in [5, 5.41) is 6.01. The largest absolute Gasteiger partial charge is 0.482 e. The third-order valence-corrected chi connectivity index (χ3v) is 3.10. The van der Waals surface area contributed by atoms with Crippen LogP contribution in [0.15, 0.2) is 36.4 Å². The van der Waals surface area contributed by atoms with Gasteiger partial charge in [0, 0.05) is 5.69 Å². The minimum absolute atomic E-state index is 0.0602. The van der Waals surface area contributed by atoms with Crippen LogP contribution in [-0.4, -0.2) is 12.5 Å². The van der Waals surface area contributed by atoms with Gasteiger partial charge in [-0.05, 0) is 42.8 Å². The monoisotopic (exact) mass is 269 g/mol. The van der Waals surface area contributed by atoms with E-state index in [-0.39, 0.29) is 12.5 Å². The summed E-state index contributed by atoms with van der Waals surface area (Å²) in [7, 11) is 0. The van der Waals surface area contributed by atoms with Crippen molar-refractivity contribution in [2.75, 3.05) is 23.0 Å². The average molecular weight is 269 g/mol. The number of nitrogens with one attached hydrogen (secondary N) is 2. The van der Waals surface area contributed by atoms with Gasteiger partial charge >= 0.3 is 0 Å². The van der Waals surface area contributed by atoms with Gasteiger partial charge in [0.25, 0.3) is 5.91 Å². The lowest BCUT2D eigenvalue weighted by atomic mass is 10.1. The third kappa shape index (κ3) is 2.38. The predicted molar refractivity (Wildman–Crippen MR) is 79.4 cm³/mol. The summed E-state index contributed by atoms with van der Waals surface area (Å²) in [6.45, 7) is 2.05. The van der Waals surface area contributed by atoms with E-state index in [1.165, 1.54) is 0 Å². The van der Waals surface area contributed by atoms with Crippen molar-refractivity contribution in [3.63, 3.8) is 0 Å². The van der Waals surface area contributed by atoms with Crippen LogP contribution in [0.1, 0.15) is 5.56 Å². The number of hydrogen-bond acceptors (Lipinski definition) is 4. The summed E-state index contributed by atoms with van der Waals surface area (Å²) in [5.41, 5.74) is 10.1. The topological polar surface area (TPSA) is 76.4 Å². The molecule has 1 amide bonds. The number of fused-ring (bicyclic) bond motifs is 1. The summed E-state index contributed by atoms with van der Waals surface area (Å²) < 4.78 is 5.32. The number of carbonyl (C=O) groups is 1. The maximum atomic E-state index is 11.3. The van der Waals surface area contributed by atoms with Gasteiger partial charge in [-0.3, -0.25) is 4.79 Å². The number of benzene rings is 2. The van der Waals surface area contributed by atoms with E-state index < -0.39 is 0 Å². The number of rotatable bonds is 2. The van der Waals surface area contributed by atoms with Gasteiger partial charge in [-0.2, -0.15) is 0 Å². The quantitative estimate of drug-likeness (QED) is 0.732. The van der Waals surface area contributed by atoms with E-state index in [0.717, 1.165) is 16.9 Å². The number of nitrogens with two attached hydrogens (primary N) is 1. The highest BCUT2D eigenvalue weighted by molar-refractivity contribution is 5.96. The van der Waals surface area contributed by atoms with Crippen LogP contribution in [0.3, 0.4) is 0 Å². The molecular formula is C15H15N3O2. The Balaban J connectivity index is 1.88. The zero-order valence-electron chi connectivity index (χ0n) is 11.1. The molecule has 2 aromatic rings. The van der Waals surface area contributed by atoms with E-state index in [9.17, 15) is 4.79 Å². The van der Waals surface area contributed by atoms with Crippen LogP contribution in [0.4, 0.5) is 22.7 Å². The van der Waals surface area contributed by atoms with Crippen molar-refractivity contribution in [3.05, 3.63) is 42.0 Å². The number of carbonyl (C=O) groups excluding carboxylic acids is 1. The second-order valence-electron chi connectivity index (χ2n) is 4.76. The SMILES string of the molecule is Cc1ccc(Nc2ccc3c(c2)NC(=O)CO3)c(N)c1. The lowest BCUT2D eigenvalue weighted by Gasteiger charge is -2.19. The first-order chi connectivity index (χ1) is 9.61. The molecule has 20 heavy (non-hydrogen) atoms. The summed E-state index contributed by atoms with van der Waals surface area (Å²) in [4.78, 5) is 11.3. The number of nitrogen functional groups attached to an aromatic ring is 1. The summed E-state index contributed by atoms with van der Waals surface area (Å²) in [6.07, 6.45) is 0. The van der Waals surface area contributed by atoms with Crippen LogP contribution in [0.25, 0.3) is 0 Å². The lowest BCUT2D eigenvalue weighted by Crippen LogP contribution is -2.25. The van der Waals surface area contributed by atoms with E-state index >= 15 is 0 Å². The molecule has 3 rings (SSSR count). The zero-order chi connectivity index (χ0) is 14.1. The predicted octanol–water partition coefficient (Wildman–Crippen LogP) is 2.65. The standard InChI is InChI=1S/C15H15N3O2/c1-9-2-4-12(11(16)6-9)17-10-3-5-14-13(7-10)18-15(19)8-20-14/h2-7,17H,8,16H2,1H3,(H,18,19). The Morgan fingerprint density at radius 3 is 2.90 bits per heavy atom. The van der Waals surface area contributed by atoms with Gasteiger partial charge in [0.05, 0.1) is 17.1 Å². The molecule has 1 heterocycles. The van der Waals surface area contributed by atoms with Gasteiger partial charge in [-0.15, -0.1) is 0 Å². The average Bonchev–Trinajstić information content (AvgIpc) is 2.41. The van der Waals surface area contributed by atoms with Crippen LogP contribution >= 0.6 is 0 Å². The molecule has 0 unspecified atom stereocenters. The van der Waals surface area contributed by atoms with Crippen molar-refractivity contribution >= 4 is 28.7 Å². The van der Waals surface area contributed by atoms with Crippen molar-refractivity contribution in [1.82, 2.24) is 0 Å². The van der Waals surface area contributed by atoms with Crippen molar-refractivity contribution in [3.8, 4) is 5.75 Å². The van der Waals surface area contributed by atoms with E-state index in [2.05, 4.69) is 10.6 Å². The first-order valence-electron chi connectivity index (χ1n) is 6.32. The molecule has 1 aliphatic rings. The third-order valence-electron chi connectivity index (χ3n) is 3.10. The van der Waals surface area contributed by atoms with Crippen molar-refractivity contribution in [2.24, 2.45) is 0 Å². The van der Waals surface area contributed by atoms with Crippen LogP contribution in [0.5, 0.6) is 5.75 Å². The molecule has 4 N–H and O–H groups in total. The highest BCUT2D eigenvalue weighted by Crippen LogP contribution is 2.32. The molecule has 0 aliphatic carbocycles. The van der Waals surface area contributed by atoms with E-state index in [0.29, 0.717) is 17.1 Å². The second kappa shape index (κ2) is 4.77. The smallest absolute Gasteiger partial charge is 0.262 e. The maximum absolute atomic E-state index is 11.3. The molecule has 2 aromatic carbocycles. The van der Waals surface area contributed by atoms with Crippen molar-refractivity contribution < 1.29 is 9.53 Å². The molecule has 0 atom stereocenters. The zero-order valence-corrected chi connectivity index (χ0v) is 11.1. The van der Waals surface area contributed by atoms with Gasteiger partial charge in [-0.25, -0.2) is 0 Å². The molecular weight excluding hydrogens is 254 g/mol. The molecule has 5 heteroatoms. The van der Waals surface area contributed by atoms with Gasteiger partial charge in [0.2, 0.25) is 0 Å². The number of hydrogen-bond donors (Lipinski definition) is 3. The Kier molecular flexibility index (Phi) is 2.95. The van der Waals surface area contributed by atoms with Crippen LogP contribution in [0, 0.1) is 6.92 Å². The van der Waals surface area contributed by atoms with Gasteiger partial charge < -0.3 is 21.1 Å². The maximum Gasteiger partial charge on any atom is 0.262 e. The molecule has 102 valence electrons. The fourth-order valence-electron chi connectivity index (χ4n) is 2.11. The molecule has 5 nitrogen and oxygen atoms in total. The number of anilines is 4. The Morgan fingerprint density at radius 1 is 1.25 bits per heavy atom. The molecule has 0 aromatic heterocycles. The van der Waals surface area contributed by atoms with Crippen LogP contribution < -0.4 is 21.1 Å². The minimum atomic E-state index is -0.149. The highest BCUT2D eigenvalue weighted by Gasteiger charge is 2.16. The first kappa shape index (κ1) is 12.3. The van der Waals surface area contributed by atoms with Gasteiger partial charge in [0.15, 0.2) is 6.61 Å². The molecule has 0 fully saturated rings. The Morgan fingerprint density at radius 2 is 2.10 bits per heavy atom. The number of amides is 1. The Bertz CT molecular complexity index is 683. The van der Waals surface area contributed by atoms with Gasteiger partial charge in [0.1, 0.15) is 5.75 Å². The molecule has 0 spiro atoms.